The van der Waals surface area contributed by atoms with Crippen LogP contribution in [0, 0.1) is 0 Å². The van der Waals surface area contributed by atoms with E-state index < -0.39 is 0 Å². The molecule has 0 saturated carbocycles. The molecule has 0 fully saturated rings. The number of hydrogen-bond acceptors (Lipinski definition) is 3. The van der Waals surface area contributed by atoms with Crippen molar-refractivity contribution in [3.8, 4) is 0 Å². The van der Waals surface area contributed by atoms with Crippen LogP contribution in [0.4, 0.5) is 0 Å². The first kappa shape index (κ1) is 10.1. The summed E-state index contributed by atoms with van der Waals surface area (Å²) >= 11 is 0. The second kappa shape index (κ2) is 4.39. The van der Waals surface area contributed by atoms with Crippen molar-refractivity contribution in [3.05, 3.63) is 42.1 Å². The smallest absolute Gasteiger partial charge is 0.211 e. The number of rotatable bonds is 2. The number of para-hydroxylation sites is 1. The Morgan fingerprint density at radius 2 is 2.00 bits per heavy atom. The van der Waals surface area contributed by atoms with E-state index in [1.54, 1.807) is 12.4 Å². The molecule has 0 aliphatic rings. The third kappa shape index (κ3) is 2.14. The summed E-state index contributed by atoms with van der Waals surface area (Å²) in [5.41, 5.74) is 12.2. The van der Waals surface area contributed by atoms with Crippen LogP contribution in [0.1, 0.15) is 5.56 Å². The molecular weight excluding hydrogens is 202 g/mol. The van der Waals surface area contributed by atoms with E-state index in [-0.39, 0.29) is 5.96 Å². The molecule has 2 aromatic rings. The number of hydrogen-bond donors (Lipinski definition) is 2. The maximum Gasteiger partial charge on any atom is 0.211 e. The molecule has 1 heterocycles. The van der Waals surface area contributed by atoms with Gasteiger partial charge in [-0.05, 0) is 12.1 Å². The first-order valence-corrected chi connectivity index (χ1v) is 4.73. The van der Waals surface area contributed by atoms with Crippen molar-refractivity contribution in [1.82, 2.24) is 4.98 Å². The molecule has 0 spiro atoms. The minimum atomic E-state index is -0.0605. The summed E-state index contributed by atoms with van der Waals surface area (Å²) < 4.78 is 0. The van der Waals surface area contributed by atoms with Crippen molar-refractivity contribution in [3.63, 3.8) is 0 Å². The molecule has 5 nitrogen and oxygen atoms in total. The average molecular weight is 213 g/mol. The van der Waals surface area contributed by atoms with Gasteiger partial charge in [-0.25, -0.2) is 0 Å². The fourth-order valence-corrected chi connectivity index (χ4v) is 1.39. The van der Waals surface area contributed by atoms with Gasteiger partial charge in [-0.2, -0.15) is 5.10 Å². The Morgan fingerprint density at radius 1 is 1.19 bits per heavy atom. The Labute approximate surface area is 92.5 Å². The quantitative estimate of drug-likeness (QED) is 0.440. The van der Waals surface area contributed by atoms with Crippen molar-refractivity contribution < 1.29 is 0 Å². The van der Waals surface area contributed by atoms with Crippen LogP contribution in [0.2, 0.25) is 0 Å². The second-order valence-corrected chi connectivity index (χ2v) is 3.19. The highest BCUT2D eigenvalue weighted by atomic mass is 15.3. The Balaban J connectivity index is 2.45. The molecule has 0 atom stereocenters. The monoisotopic (exact) mass is 213 g/mol. The van der Waals surface area contributed by atoms with Crippen molar-refractivity contribution >= 4 is 23.1 Å². The number of guanidine groups is 1. The van der Waals surface area contributed by atoms with E-state index in [0.29, 0.717) is 0 Å². The van der Waals surface area contributed by atoms with Gasteiger partial charge in [-0.15, -0.1) is 5.10 Å². The summed E-state index contributed by atoms with van der Waals surface area (Å²) in [6.07, 6.45) is 3.32. The minimum Gasteiger partial charge on any atom is -0.369 e. The zero-order valence-electron chi connectivity index (χ0n) is 8.54. The van der Waals surface area contributed by atoms with Crippen LogP contribution in [0.5, 0.6) is 0 Å². The van der Waals surface area contributed by atoms with E-state index in [1.165, 1.54) is 0 Å². The first-order chi connectivity index (χ1) is 7.77. The molecule has 0 unspecified atom stereocenters. The standard InChI is InChI=1S/C11H11N5/c12-11(13)16-15-7-8-5-6-14-10-4-2-1-3-9(8)10/h1-7H,(H4,12,13,16)/b15-7-. The maximum absolute atomic E-state index is 5.17. The van der Waals surface area contributed by atoms with E-state index in [2.05, 4.69) is 15.2 Å². The molecule has 80 valence electrons. The third-order valence-electron chi connectivity index (χ3n) is 2.05. The highest BCUT2D eigenvalue weighted by Crippen LogP contribution is 2.14. The van der Waals surface area contributed by atoms with Crippen LogP contribution in [-0.4, -0.2) is 17.2 Å². The van der Waals surface area contributed by atoms with Gasteiger partial charge in [0.1, 0.15) is 0 Å². The Bertz CT molecular complexity index is 550. The number of nitrogens with zero attached hydrogens (tertiary/aromatic N) is 3. The average Bonchev–Trinajstić information content (AvgIpc) is 2.29. The zero-order valence-corrected chi connectivity index (χ0v) is 8.54. The number of pyridine rings is 1. The van der Waals surface area contributed by atoms with Gasteiger partial charge < -0.3 is 11.5 Å². The lowest BCUT2D eigenvalue weighted by Crippen LogP contribution is -2.21. The summed E-state index contributed by atoms with van der Waals surface area (Å²) in [6.45, 7) is 0. The van der Waals surface area contributed by atoms with Gasteiger partial charge in [0.05, 0.1) is 11.7 Å². The van der Waals surface area contributed by atoms with E-state index in [9.17, 15) is 0 Å². The lowest BCUT2D eigenvalue weighted by atomic mass is 10.1. The van der Waals surface area contributed by atoms with Crippen molar-refractivity contribution in [2.45, 2.75) is 0 Å². The van der Waals surface area contributed by atoms with Crippen LogP contribution in [0.3, 0.4) is 0 Å². The van der Waals surface area contributed by atoms with Gasteiger partial charge in [0, 0.05) is 17.1 Å². The van der Waals surface area contributed by atoms with Crippen molar-refractivity contribution in [1.29, 1.82) is 0 Å². The fourth-order valence-electron chi connectivity index (χ4n) is 1.39. The summed E-state index contributed by atoms with van der Waals surface area (Å²) in [7, 11) is 0. The molecule has 0 saturated heterocycles. The highest BCUT2D eigenvalue weighted by molar-refractivity contribution is 5.98. The normalized spacial score (nSPS) is 10.8. The highest BCUT2D eigenvalue weighted by Gasteiger charge is 1.97. The lowest BCUT2D eigenvalue weighted by Gasteiger charge is -1.99. The molecule has 0 radical (unpaired) electrons. The number of nitrogens with two attached hydrogens (primary N) is 2. The number of fused-ring (bicyclic) bond motifs is 1. The summed E-state index contributed by atoms with van der Waals surface area (Å²) in [5.74, 6) is -0.0605. The van der Waals surface area contributed by atoms with Crippen LogP contribution in [0.25, 0.3) is 10.9 Å². The molecular formula is C11H11N5. The maximum atomic E-state index is 5.17. The van der Waals surface area contributed by atoms with E-state index in [1.807, 2.05) is 30.3 Å². The Kier molecular flexibility index (Phi) is 2.77. The third-order valence-corrected chi connectivity index (χ3v) is 2.05. The molecule has 1 aromatic heterocycles. The van der Waals surface area contributed by atoms with Crippen molar-refractivity contribution in [2.75, 3.05) is 0 Å². The van der Waals surface area contributed by atoms with Gasteiger partial charge in [-0.3, -0.25) is 4.98 Å². The van der Waals surface area contributed by atoms with Gasteiger partial charge in [0.15, 0.2) is 0 Å². The Morgan fingerprint density at radius 3 is 2.81 bits per heavy atom. The minimum absolute atomic E-state index is 0.0605. The fraction of sp³-hybridized carbons (Fsp3) is 0. The topological polar surface area (TPSA) is 89.7 Å². The molecule has 0 bridgehead atoms. The Hall–Kier alpha value is -2.43. The van der Waals surface area contributed by atoms with Crippen LogP contribution in [-0.2, 0) is 0 Å². The zero-order chi connectivity index (χ0) is 11.4. The van der Waals surface area contributed by atoms with Crippen LogP contribution < -0.4 is 11.5 Å². The summed E-state index contributed by atoms with van der Waals surface area (Å²) in [4.78, 5) is 4.24. The molecule has 5 heteroatoms. The molecule has 0 aliphatic heterocycles. The molecule has 0 aliphatic carbocycles. The van der Waals surface area contributed by atoms with E-state index in [0.717, 1.165) is 16.5 Å². The van der Waals surface area contributed by atoms with Crippen LogP contribution in [0.15, 0.2) is 46.7 Å². The van der Waals surface area contributed by atoms with E-state index in [4.69, 9.17) is 11.5 Å². The predicted octanol–water partition coefficient (Wildman–Crippen LogP) is 0.842. The molecule has 2 rings (SSSR count). The summed E-state index contributed by atoms with van der Waals surface area (Å²) in [6, 6.07) is 9.65. The van der Waals surface area contributed by atoms with Gasteiger partial charge in [0.25, 0.3) is 0 Å². The van der Waals surface area contributed by atoms with Crippen LogP contribution >= 0.6 is 0 Å². The van der Waals surface area contributed by atoms with Gasteiger partial charge in [0.2, 0.25) is 5.96 Å². The van der Waals surface area contributed by atoms with Gasteiger partial charge >= 0.3 is 0 Å². The number of benzene rings is 1. The van der Waals surface area contributed by atoms with Gasteiger partial charge in [-0.1, -0.05) is 18.2 Å². The molecule has 0 amide bonds. The molecule has 1 aromatic carbocycles. The van der Waals surface area contributed by atoms with E-state index >= 15 is 0 Å². The molecule has 4 N–H and O–H groups in total. The lowest BCUT2D eigenvalue weighted by molar-refractivity contribution is 1.21. The first-order valence-electron chi connectivity index (χ1n) is 4.73. The number of aromatic nitrogens is 1. The summed E-state index contributed by atoms with van der Waals surface area (Å²) in [5, 5.41) is 8.34. The second-order valence-electron chi connectivity index (χ2n) is 3.19. The largest absolute Gasteiger partial charge is 0.369 e. The van der Waals surface area contributed by atoms with Crippen molar-refractivity contribution in [2.24, 2.45) is 21.7 Å². The predicted molar refractivity (Wildman–Crippen MR) is 65.1 cm³/mol. The SMILES string of the molecule is NC(N)=N/N=C\c1ccnc2ccccc12. The molecule has 16 heavy (non-hydrogen) atoms.